The molecule has 0 saturated carbocycles. The number of fused-ring (bicyclic) bond motifs is 2. The first-order valence-corrected chi connectivity index (χ1v) is 10.6. The number of anilines is 1. The first kappa shape index (κ1) is 20.8. The smallest absolute Gasteiger partial charge is 0.351 e. The van der Waals surface area contributed by atoms with Gasteiger partial charge in [0.25, 0.3) is 0 Å². The van der Waals surface area contributed by atoms with E-state index in [0.29, 0.717) is 18.5 Å². The second kappa shape index (κ2) is 9.53. The minimum absolute atomic E-state index is 0.250. The van der Waals surface area contributed by atoms with Gasteiger partial charge in [-0.05, 0) is 37.3 Å². The molecule has 1 unspecified atom stereocenters. The highest BCUT2D eigenvalue weighted by molar-refractivity contribution is 5.87. The van der Waals surface area contributed by atoms with E-state index < -0.39 is 0 Å². The van der Waals surface area contributed by atoms with Crippen molar-refractivity contribution in [3.63, 3.8) is 0 Å². The van der Waals surface area contributed by atoms with Crippen molar-refractivity contribution in [1.82, 2.24) is 19.9 Å². The van der Waals surface area contributed by atoms with Gasteiger partial charge in [-0.25, -0.2) is 9.97 Å². The summed E-state index contributed by atoms with van der Waals surface area (Å²) >= 11 is 0. The monoisotopic (exact) mass is 419 g/mol. The maximum Gasteiger partial charge on any atom is 0.373 e. The Labute approximate surface area is 180 Å². The number of hydrogen-bond acceptors (Lipinski definition) is 6. The van der Waals surface area contributed by atoms with Crippen molar-refractivity contribution in [3.05, 3.63) is 54.5 Å². The van der Waals surface area contributed by atoms with E-state index in [4.69, 9.17) is 9.59 Å². The molecule has 2 fully saturated rings. The lowest BCUT2D eigenvalue weighted by Gasteiger charge is -2.40. The van der Waals surface area contributed by atoms with E-state index in [2.05, 4.69) is 36.9 Å². The number of aromatic nitrogens is 3. The fourth-order valence-corrected chi connectivity index (χ4v) is 4.89. The maximum atomic E-state index is 13.0. The molecule has 2 aliphatic heterocycles. The summed E-state index contributed by atoms with van der Waals surface area (Å²) in [5, 5.41) is 1.07. The maximum absolute atomic E-state index is 13.0. The quantitative estimate of drug-likeness (QED) is 0.698. The zero-order chi connectivity index (χ0) is 21.6. The van der Waals surface area contributed by atoms with Gasteiger partial charge < -0.3 is 14.8 Å². The molecule has 31 heavy (non-hydrogen) atoms. The lowest BCUT2D eigenvalue weighted by molar-refractivity contribution is -0.191. The molecule has 5 rings (SSSR count). The van der Waals surface area contributed by atoms with E-state index >= 15 is 0 Å². The predicted molar refractivity (Wildman–Crippen MR) is 114 cm³/mol. The van der Waals surface area contributed by atoms with Gasteiger partial charge in [-0.2, -0.15) is 9.59 Å². The van der Waals surface area contributed by atoms with Crippen LogP contribution in [-0.2, 0) is 20.8 Å². The molecule has 8 heteroatoms. The number of carbonyl (C=O) groups excluding carboxylic acids is 3. The van der Waals surface area contributed by atoms with Gasteiger partial charge >= 0.3 is 6.15 Å². The molecule has 3 aromatic rings. The fraction of sp³-hybridized carbons (Fsp3) is 0.391. The number of nitrogens with zero attached hydrogens (tertiary/aromatic N) is 4. The number of H-pyrrole nitrogens is 1. The number of hydrogen-bond donors (Lipinski definition) is 1. The summed E-state index contributed by atoms with van der Waals surface area (Å²) in [7, 11) is 0. The van der Waals surface area contributed by atoms with E-state index in [9.17, 15) is 4.79 Å². The number of rotatable bonds is 4. The molecule has 2 aromatic heterocycles. The summed E-state index contributed by atoms with van der Waals surface area (Å²) in [6.45, 7) is 1.82. The standard InChI is InChI=1S/C22H25N5O.CO2/c28-20(9-8-16-5-2-1-3-6-16)26-13-4-7-18-19(26)11-14-27(18)22-17-10-12-23-21(17)24-15-25-22;2-1-3/h1-3,5-6,10,12,15,18-19H,4,7-9,11,13-14H2,(H,23,24,25);/t18-,19?;/m1./s1. The van der Waals surface area contributed by atoms with Crippen molar-refractivity contribution >= 4 is 28.9 Å². The van der Waals surface area contributed by atoms with Crippen molar-refractivity contribution in [2.75, 3.05) is 18.0 Å². The van der Waals surface area contributed by atoms with Gasteiger partial charge in [0.15, 0.2) is 0 Å². The third-order valence-electron chi connectivity index (χ3n) is 6.21. The molecule has 4 heterocycles. The summed E-state index contributed by atoms with van der Waals surface area (Å²) in [5.74, 6) is 1.28. The van der Waals surface area contributed by atoms with Crippen LogP contribution in [0.25, 0.3) is 11.0 Å². The lowest BCUT2D eigenvalue weighted by Crippen LogP contribution is -2.52. The Morgan fingerprint density at radius 3 is 2.68 bits per heavy atom. The Morgan fingerprint density at radius 1 is 1.06 bits per heavy atom. The average Bonchev–Trinajstić information content (AvgIpc) is 3.45. The molecular formula is C23H25N5O3. The molecule has 8 nitrogen and oxygen atoms in total. The van der Waals surface area contributed by atoms with Crippen LogP contribution in [0.3, 0.4) is 0 Å². The minimum Gasteiger partial charge on any atom is -0.351 e. The van der Waals surface area contributed by atoms with Gasteiger partial charge in [0.2, 0.25) is 5.91 Å². The summed E-state index contributed by atoms with van der Waals surface area (Å²) in [4.78, 5) is 45.9. The fourth-order valence-electron chi connectivity index (χ4n) is 4.89. The molecule has 0 radical (unpaired) electrons. The molecule has 160 valence electrons. The number of likely N-dealkylation sites (tertiary alicyclic amines) is 1. The van der Waals surface area contributed by atoms with Crippen molar-refractivity contribution in [2.45, 2.75) is 44.2 Å². The number of carbonyl (C=O) groups is 1. The summed E-state index contributed by atoms with van der Waals surface area (Å²) in [6.07, 6.45) is 8.37. The van der Waals surface area contributed by atoms with E-state index in [0.717, 1.165) is 55.6 Å². The highest BCUT2D eigenvalue weighted by Gasteiger charge is 2.42. The van der Waals surface area contributed by atoms with Crippen molar-refractivity contribution in [2.24, 2.45) is 0 Å². The Bertz CT molecular complexity index is 1060. The summed E-state index contributed by atoms with van der Waals surface area (Å²) in [6, 6.07) is 13.0. The van der Waals surface area contributed by atoms with E-state index in [1.165, 1.54) is 5.56 Å². The molecule has 1 aromatic carbocycles. The molecule has 0 spiro atoms. The highest BCUT2D eigenvalue weighted by Crippen LogP contribution is 2.36. The van der Waals surface area contributed by atoms with Crippen LogP contribution in [0.2, 0.25) is 0 Å². The molecular weight excluding hydrogens is 394 g/mol. The Kier molecular flexibility index (Phi) is 6.38. The van der Waals surface area contributed by atoms with Crippen LogP contribution < -0.4 is 4.90 Å². The molecule has 2 atom stereocenters. The third kappa shape index (κ3) is 4.34. The second-order valence-corrected chi connectivity index (χ2v) is 7.85. The van der Waals surface area contributed by atoms with Gasteiger partial charge in [0.1, 0.15) is 17.8 Å². The lowest BCUT2D eigenvalue weighted by atomic mass is 9.96. The molecule has 1 N–H and O–H groups in total. The third-order valence-corrected chi connectivity index (χ3v) is 6.21. The van der Waals surface area contributed by atoms with Crippen molar-refractivity contribution in [1.29, 1.82) is 0 Å². The van der Waals surface area contributed by atoms with E-state index in [1.54, 1.807) is 6.33 Å². The van der Waals surface area contributed by atoms with Gasteiger partial charge in [-0.1, -0.05) is 30.3 Å². The number of piperidine rings is 1. The number of benzene rings is 1. The zero-order valence-electron chi connectivity index (χ0n) is 17.2. The highest BCUT2D eigenvalue weighted by atomic mass is 16.2. The summed E-state index contributed by atoms with van der Waals surface area (Å²) < 4.78 is 0. The number of nitrogens with one attached hydrogen (secondary N) is 1. The second-order valence-electron chi connectivity index (χ2n) is 7.85. The van der Waals surface area contributed by atoms with Crippen molar-refractivity contribution in [3.8, 4) is 0 Å². The van der Waals surface area contributed by atoms with Crippen LogP contribution >= 0.6 is 0 Å². The Hall–Kier alpha value is -3.51. The molecule has 2 aliphatic rings. The minimum atomic E-state index is 0.250. The van der Waals surface area contributed by atoms with Crippen LogP contribution in [0.15, 0.2) is 48.9 Å². The first-order valence-electron chi connectivity index (χ1n) is 10.6. The molecule has 2 saturated heterocycles. The molecule has 0 aliphatic carbocycles. The van der Waals surface area contributed by atoms with Gasteiger partial charge in [0.05, 0.1) is 17.5 Å². The van der Waals surface area contributed by atoms with Crippen LogP contribution in [-0.4, -0.2) is 57.1 Å². The van der Waals surface area contributed by atoms with Gasteiger partial charge in [-0.3, -0.25) is 4.79 Å². The predicted octanol–water partition coefficient (Wildman–Crippen LogP) is 2.58. The number of aryl methyl sites for hydroxylation is 1. The topological polar surface area (TPSA) is 99.3 Å². The average molecular weight is 419 g/mol. The van der Waals surface area contributed by atoms with Crippen LogP contribution in [0, 0.1) is 0 Å². The van der Waals surface area contributed by atoms with Crippen LogP contribution in [0.5, 0.6) is 0 Å². The van der Waals surface area contributed by atoms with Crippen LogP contribution in [0.1, 0.15) is 31.2 Å². The largest absolute Gasteiger partial charge is 0.373 e. The molecule has 0 bridgehead atoms. The van der Waals surface area contributed by atoms with E-state index in [-0.39, 0.29) is 12.1 Å². The normalized spacial score (nSPS) is 20.0. The number of aromatic amines is 1. The molecule has 1 amide bonds. The SMILES string of the molecule is O=C(CCc1ccccc1)N1CCC[C@@H]2C1CCN2c1ncnc2[nH]ccc12.O=C=O. The van der Waals surface area contributed by atoms with Gasteiger partial charge in [-0.15, -0.1) is 0 Å². The number of amides is 1. The summed E-state index contributed by atoms with van der Waals surface area (Å²) in [5.41, 5.74) is 2.10. The zero-order valence-corrected chi connectivity index (χ0v) is 17.2. The van der Waals surface area contributed by atoms with Gasteiger partial charge in [0, 0.05) is 25.7 Å². The van der Waals surface area contributed by atoms with E-state index in [1.807, 2.05) is 30.5 Å². The van der Waals surface area contributed by atoms with Crippen molar-refractivity contribution < 1.29 is 14.4 Å². The Morgan fingerprint density at radius 2 is 1.87 bits per heavy atom. The van der Waals surface area contributed by atoms with Crippen LogP contribution in [0.4, 0.5) is 5.82 Å². The first-order chi connectivity index (χ1) is 15.2. The Balaban J connectivity index is 0.000000730.